The fraction of sp³-hybridized carbons (Fsp3) is 1.00. The molecule has 2 aliphatic rings. The fourth-order valence-electron chi connectivity index (χ4n) is 2.31. The van der Waals surface area contributed by atoms with Gasteiger partial charge in [-0.05, 0) is 24.7 Å². The van der Waals surface area contributed by atoms with Gasteiger partial charge in [-0.15, -0.1) is 0 Å². The average Bonchev–Trinajstić information content (AvgIpc) is 2.20. The largest absolute Gasteiger partial charge is 0.253 e. The van der Waals surface area contributed by atoms with Crippen LogP contribution in [0.1, 0.15) is 19.3 Å². The number of hydrogen-bond donors (Lipinski definition) is 1. The predicted octanol–water partition coefficient (Wildman–Crippen LogP) is 1.46. The molecule has 0 aromatic carbocycles. The van der Waals surface area contributed by atoms with E-state index in [0.717, 1.165) is 0 Å². The summed E-state index contributed by atoms with van der Waals surface area (Å²) < 4.78 is 18.7. The molecule has 0 radical (unpaired) electrons. The minimum absolute atomic E-state index is 0.657. The van der Waals surface area contributed by atoms with E-state index in [9.17, 15) is 4.21 Å². The normalized spacial score (nSPS) is 53.2. The third-order valence-electron chi connectivity index (χ3n) is 2.78. The Morgan fingerprint density at radius 2 is 1.70 bits per heavy atom. The van der Waals surface area contributed by atoms with Crippen molar-refractivity contribution in [1.82, 2.24) is 0 Å². The summed E-state index contributed by atoms with van der Waals surface area (Å²) in [5, 5.41) is 0. The molecule has 1 saturated heterocycles. The monoisotopic (exact) mass is 159 g/mol. The molecule has 2 atom stereocenters. The van der Waals surface area contributed by atoms with E-state index >= 15 is 0 Å². The number of fused-ring (bicyclic) bond motifs is 1. The van der Waals surface area contributed by atoms with Gasteiger partial charge in [0.05, 0.1) is 0 Å². The van der Waals surface area contributed by atoms with E-state index < -0.39 is 9.73 Å². The van der Waals surface area contributed by atoms with Crippen molar-refractivity contribution in [3.63, 3.8) is 0 Å². The molecule has 0 bridgehead atoms. The van der Waals surface area contributed by atoms with Crippen molar-refractivity contribution in [1.29, 1.82) is 4.78 Å². The van der Waals surface area contributed by atoms with Crippen molar-refractivity contribution >= 4 is 9.73 Å². The molecule has 2 fully saturated rings. The molecule has 0 aromatic rings. The Bertz CT molecular complexity index is 214. The highest BCUT2D eigenvalue weighted by Crippen LogP contribution is 2.39. The molecule has 2 nitrogen and oxygen atoms in total. The van der Waals surface area contributed by atoms with Crippen molar-refractivity contribution in [2.24, 2.45) is 11.8 Å². The summed E-state index contributed by atoms with van der Waals surface area (Å²) in [5.74, 6) is 2.73. The van der Waals surface area contributed by atoms with E-state index in [1.165, 1.54) is 19.3 Å². The number of nitrogens with one attached hydrogen (secondary N) is 1. The first-order valence-electron chi connectivity index (χ1n) is 3.91. The molecule has 2 rings (SSSR count). The highest BCUT2D eigenvalue weighted by molar-refractivity contribution is 7.92. The number of rotatable bonds is 0. The highest BCUT2D eigenvalue weighted by Gasteiger charge is 2.37. The van der Waals surface area contributed by atoms with E-state index in [4.69, 9.17) is 4.78 Å². The van der Waals surface area contributed by atoms with Gasteiger partial charge in [0.1, 0.15) is 0 Å². The second-order valence-corrected chi connectivity index (χ2v) is 5.89. The van der Waals surface area contributed by atoms with Crippen LogP contribution < -0.4 is 0 Å². The summed E-state index contributed by atoms with van der Waals surface area (Å²) in [6, 6.07) is 0. The Kier molecular flexibility index (Phi) is 1.31. The molecule has 10 heavy (non-hydrogen) atoms. The number of hydrogen-bond acceptors (Lipinski definition) is 2. The first-order valence-corrected chi connectivity index (χ1v) is 5.81. The summed E-state index contributed by atoms with van der Waals surface area (Å²) in [7, 11) is -2.11. The average molecular weight is 159 g/mol. The van der Waals surface area contributed by atoms with Crippen LogP contribution in [0.25, 0.3) is 0 Å². The highest BCUT2D eigenvalue weighted by atomic mass is 32.2. The Labute approximate surface area is 62.0 Å². The zero-order chi connectivity index (χ0) is 7.19. The van der Waals surface area contributed by atoms with Crippen molar-refractivity contribution in [3.8, 4) is 0 Å². The first-order chi connectivity index (χ1) is 4.67. The molecule has 1 aliphatic carbocycles. The third kappa shape index (κ3) is 0.965. The Morgan fingerprint density at radius 1 is 1.20 bits per heavy atom. The molecule has 0 amide bonds. The van der Waals surface area contributed by atoms with Gasteiger partial charge in [-0.2, -0.15) is 0 Å². The predicted molar refractivity (Wildman–Crippen MR) is 41.4 cm³/mol. The van der Waals surface area contributed by atoms with Crippen LogP contribution in [0.3, 0.4) is 0 Å². The van der Waals surface area contributed by atoms with Crippen molar-refractivity contribution in [2.45, 2.75) is 19.3 Å². The molecule has 2 unspecified atom stereocenters. The van der Waals surface area contributed by atoms with Crippen LogP contribution in [0.15, 0.2) is 0 Å². The molecule has 58 valence electrons. The molecule has 1 saturated carbocycles. The lowest BCUT2D eigenvalue weighted by atomic mass is 10.0. The lowest BCUT2D eigenvalue weighted by Crippen LogP contribution is -2.01. The van der Waals surface area contributed by atoms with Gasteiger partial charge < -0.3 is 0 Å². The Balaban J connectivity index is 2.21. The lowest BCUT2D eigenvalue weighted by molar-refractivity contribution is 0.494. The van der Waals surface area contributed by atoms with Crippen LogP contribution in [-0.2, 0) is 9.73 Å². The van der Waals surface area contributed by atoms with Gasteiger partial charge in [0.2, 0.25) is 0 Å². The van der Waals surface area contributed by atoms with Crippen LogP contribution in [0.2, 0.25) is 0 Å². The van der Waals surface area contributed by atoms with Gasteiger partial charge in [0.15, 0.2) is 0 Å². The minimum atomic E-state index is -2.11. The first kappa shape index (κ1) is 6.65. The quantitative estimate of drug-likeness (QED) is 0.571. The second-order valence-electron chi connectivity index (χ2n) is 3.60. The molecular weight excluding hydrogens is 146 g/mol. The van der Waals surface area contributed by atoms with E-state index in [2.05, 4.69) is 0 Å². The van der Waals surface area contributed by atoms with Crippen LogP contribution in [-0.4, -0.2) is 15.7 Å². The Hall–Kier alpha value is -0.0500. The van der Waals surface area contributed by atoms with Gasteiger partial charge in [0.25, 0.3) is 0 Å². The van der Waals surface area contributed by atoms with Gasteiger partial charge in [-0.25, -0.2) is 4.21 Å². The third-order valence-corrected chi connectivity index (χ3v) is 4.72. The van der Waals surface area contributed by atoms with Crippen LogP contribution in [0.4, 0.5) is 0 Å². The molecule has 3 heteroatoms. The van der Waals surface area contributed by atoms with E-state index in [1.54, 1.807) is 0 Å². The van der Waals surface area contributed by atoms with Crippen molar-refractivity contribution in [3.05, 3.63) is 0 Å². The summed E-state index contributed by atoms with van der Waals surface area (Å²) >= 11 is 0. The maximum absolute atomic E-state index is 11.3. The molecular formula is C7H13NOS. The summed E-state index contributed by atoms with van der Waals surface area (Å²) in [6.07, 6.45) is 3.78. The van der Waals surface area contributed by atoms with Crippen molar-refractivity contribution in [2.75, 3.05) is 11.5 Å². The van der Waals surface area contributed by atoms with Crippen LogP contribution in [0.5, 0.6) is 0 Å². The topological polar surface area (TPSA) is 40.9 Å². The maximum Gasteiger partial charge on any atom is 0.0447 e. The van der Waals surface area contributed by atoms with Gasteiger partial charge in [-0.1, -0.05) is 6.42 Å². The molecule has 0 aromatic heterocycles. The molecule has 1 N–H and O–H groups in total. The van der Waals surface area contributed by atoms with Gasteiger partial charge in [-0.3, -0.25) is 4.78 Å². The summed E-state index contributed by atoms with van der Waals surface area (Å²) in [4.78, 5) is 0. The Morgan fingerprint density at radius 3 is 2.20 bits per heavy atom. The van der Waals surface area contributed by atoms with E-state index in [-0.39, 0.29) is 0 Å². The van der Waals surface area contributed by atoms with Gasteiger partial charge in [0, 0.05) is 21.2 Å². The SMILES string of the molecule is N=S1(=O)CC2CCCC2C1. The smallest absolute Gasteiger partial charge is 0.0447 e. The summed E-state index contributed by atoms with van der Waals surface area (Å²) in [6.45, 7) is 0. The maximum atomic E-state index is 11.3. The second kappa shape index (κ2) is 1.97. The zero-order valence-corrected chi connectivity index (χ0v) is 6.82. The van der Waals surface area contributed by atoms with Crippen molar-refractivity contribution < 1.29 is 4.21 Å². The van der Waals surface area contributed by atoms with Gasteiger partial charge >= 0.3 is 0 Å². The fourth-order valence-corrected chi connectivity index (χ4v) is 4.71. The van der Waals surface area contributed by atoms with Crippen LogP contribution in [0, 0.1) is 16.6 Å². The van der Waals surface area contributed by atoms with Crippen LogP contribution >= 0.6 is 0 Å². The standard InChI is InChI=1S/C7H13NOS/c8-10(9)4-6-2-1-3-7(6)5-10/h6-8H,1-5H2. The van der Waals surface area contributed by atoms with E-state index in [0.29, 0.717) is 23.3 Å². The zero-order valence-electron chi connectivity index (χ0n) is 6.01. The summed E-state index contributed by atoms with van der Waals surface area (Å²) in [5.41, 5.74) is 0. The molecule has 0 spiro atoms. The minimum Gasteiger partial charge on any atom is -0.253 e. The van der Waals surface area contributed by atoms with E-state index in [1.807, 2.05) is 0 Å². The molecule has 1 aliphatic heterocycles. The lowest BCUT2D eigenvalue weighted by Gasteiger charge is -2.02. The molecule has 1 heterocycles.